The second-order valence-electron chi connectivity index (χ2n) is 5.93. The fraction of sp³-hybridized carbons (Fsp3) is 0.294. The lowest BCUT2D eigenvalue weighted by Crippen LogP contribution is -2.39. The van der Waals surface area contributed by atoms with Crippen LogP contribution in [-0.4, -0.2) is 45.3 Å². The van der Waals surface area contributed by atoms with E-state index in [2.05, 4.69) is 5.10 Å². The van der Waals surface area contributed by atoms with Gasteiger partial charge >= 0.3 is 5.97 Å². The van der Waals surface area contributed by atoms with Gasteiger partial charge in [0.1, 0.15) is 0 Å². The zero-order valence-electron chi connectivity index (χ0n) is 13.2. The van der Waals surface area contributed by atoms with Crippen LogP contribution in [0.1, 0.15) is 27.1 Å². The van der Waals surface area contributed by atoms with E-state index in [0.29, 0.717) is 24.6 Å². The average Bonchev–Trinajstić information content (AvgIpc) is 3.34. The monoisotopic (exact) mass is 341 g/mol. The fourth-order valence-electron chi connectivity index (χ4n) is 3.12. The van der Waals surface area contributed by atoms with E-state index in [1.54, 1.807) is 35.3 Å². The first-order valence-corrected chi connectivity index (χ1v) is 7.94. The maximum atomic E-state index is 12.5. The van der Waals surface area contributed by atoms with E-state index in [4.69, 9.17) is 9.57 Å². The highest BCUT2D eigenvalue weighted by molar-refractivity contribution is 6.20. The Morgan fingerprint density at radius 1 is 1.20 bits per heavy atom. The van der Waals surface area contributed by atoms with Crippen LogP contribution in [0.4, 0.5) is 0 Å². The summed E-state index contributed by atoms with van der Waals surface area (Å²) in [6.07, 6.45) is 3.28. The number of carbonyl (C=O) groups excluding carboxylic acids is 3. The zero-order chi connectivity index (χ0) is 17.4. The number of carbonyl (C=O) groups is 3. The topological polar surface area (TPSA) is 90.7 Å². The molecule has 0 aliphatic carbocycles. The van der Waals surface area contributed by atoms with Gasteiger partial charge in [-0.15, -0.1) is 0 Å². The maximum absolute atomic E-state index is 12.5. The SMILES string of the molecule is O=C(ON1C(=O)c2ccccc2C1=O)[C@H]1OCC[C@H]1Cn1cccn1. The lowest BCUT2D eigenvalue weighted by atomic mass is 10.0. The second kappa shape index (κ2) is 6.14. The van der Waals surface area contributed by atoms with Crippen molar-refractivity contribution < 1.29 is 24.0 Å². The summed E-state index contributed by atoms with van der Waals surface area (Å²) in [5, 5.41) is 4.63. The molecule has 0 radical (unpaired) electrons. The van der Waals surface area contributed by atoms with Crippen molar-refractivity contribution in [3.8, 4) is 0 Å². The normalized spacial score (nSPS) is 22.3. The summed E-state index contributed by atoms with van der Waals surface area (Å²) in [4.78, 5) is 42.1. The van der Waals surface area contributed by atoms with Gasteiger partial charge in [0.15, 0.2) is 6.10 Å². The molecule has 1 saturated heterocycles. The number of hydroxylamine groups is 2. The van der Waals surface area contributed by atoms with Gasteiger partial charge in [0.25, 0.3) is 11.8 Å². The molecule has 0 N–H and O–H groups in total. The molecule has 128 valence electrons. The van der Waals surface area contributed by atoms with E-state index >= 15 is 0 Å². The first-order valence-electron chi connectivity index (χ1n) is 7.94. The summed E-state index contributed by atoms with van der Waals surface area (Å²) in [7, 11) is 0. The molecule has 4 rings (SSSR count). The highest BCUT2D eigenvalue weighted by Crippen LogP contribution is 2.27. The number of hydrogen-bond donors (Lipinski definition) is 0. The molecule has 3 heterocycles. The van der Waals surface area contributed by atoms with Crippen LogP contribution in [0, 0.1) is 5.92 Å². The van der Waals surface area contributed by atoms with Gasteiger partial charge in [-0.25, -0.2) is 4.79 Å². The number of aromatic nitrogens is 2. The van der Waals surface area contributed by atoms with Crippen molar-refractivity contribution in [2.75, 3.05) is 6.61 Å². The third-order valence-corrected chi connectivity index (χ3v) is 4.37. The molecule has 25 heavy (non-hydrogen) atoms. The van der Waals surface area contributed by atoms with Gasteiger partial charge < -0.3 is 9.57 Å². The molecule has 0 saturated carbocycles. The van der Waals surface area contributed by atoms with Crippen LogP contribution in [0.25, 0.3) is 0 Å². The van der Waals surface area contributed by atoms with Crippen LogP contribution in [-0.2, 0) is 20.9 Å². The van der Waals surface area contributed by atoms with E-state index in [1.165, 1.54) is 12.1 Å². The van der Waals surface area contributed by atoms with Gasteiger partial charge in [0.05, 0.1) is 11.1 Å². The predicted molar refractivity (Wildman–Crippen MR) is 83.1 cm³/mol. The molecule has 2 atom stereocenters. The maximum Gasteiger partial charge on any atom is 0.362 e. The van der Waals surface area contributed by atoms with E-state index < -0.39 is 23.9 Å². The van der Waals surface area contributed by atoms with Crippen LogP contribution in [0.3, 0.4) is 0 Å². The lowest BCUT2D eigenvalue weighted by Gasteiger charge is -2.19. The Hall–Kier alpha value is -3.00. The molecule has 8 nitrogen and oxygen atoms in total. The lowest BCUT2D eigenvalue weighted by molar-refractivity contribution is -0.181. The Morgan fingerprint density at radius 2 is 1.92 bits per heavy atom. The van der Waals surface area contributed by atoms with Crippen LogP contribution in [0.15, 0.2) is 42.7 Å². The van der Waals surface area contributed by atoms with Gasteiger partial charge in [-0.1, -0.05) is 17.2 Å². The number of nitrogens with zero attached hydrogens (tertiary/aromatic N) is 3. The average molecular weight is 341 g/mol. The van der Waals surface area contributed by atoms with Gasteiger partial charge in [0, 0.05) is 31.5 Å². The number of imide groups is 1. The van der Waals surface area contributed by atoms with Crippen molar-refractivity contribution in [3.63, 3.8) is 0 Å². The Balaban J connectivity index is 1.47. The highest BCUT2D eigenvalue weighted by atomic mass is 16.7. The summed E-state index contributed by atoms with van der Waals surface area (Å²) >= 11 is 0. The summed E-state index contributed by atoms with van der Waals surface area (Å²) in [6, 6.07) is 8.14. The number of fused-ring (bicyclic) bond motifs is 1. The van der Waals surface area contributed by atoms with Crippen molar-refractivity contribution in [3.05, 3.63) is 53.9 Å². The second-order valence-corrected chi connectivity index (χ2v) is 5.93. The number of rotatable bonds is 4. The number of amides is 2. The molecule has 2 aliphatic heterocycles. The molecular weight excluding hydrogens is 326 g/mol. The third-order valence-electron chi connectivity index (χ3n) is 4.37. The largest absolute Gasteiger partial charge is 0.366 e. The van der Waals surface area contributed by atoms with Crippen LogP contribution >= 0.6 is 0 Å². The smallest absolute Gasteiger partial charge is 0.362 e. The van der Waals surface area contributed by atoms with Crippen molar-refractivity contribution in [2.24, 2.45) is 5.92 Å². The number of ether oxygens (including phenoxy) is 1. The van der Waals surface area contributed by atoms with Crippen LogP contribution in [0.5, 0.6) is 0 Å². The van der Waals surface area contributed by atoms with Crippen molar-refractivity contribution >= 4 is 17.8 Å². The van der Waals surface area contributed by atoms with Crippen molar-refractivity contribution in [1.82, 2.24) is 14.8 Å². The number of hydrogen-bond acceptors (Lipinski definition) is 6. The summed E-state index contributed by atoms with van der Waals surface area (Å²) in [5.41, 5.74) is 0.446. The highest BCUT2D eigenvalue weighted by Gasteiger charge is 2.42. The Morgan fingerprint density at radius 3 is 2.56 bits per heavy atom. The minimum absolute atomic E-state index is 0.136. The predicted octanol–water partition coefficient (Wildman–Crippen LogP) is 1.04. The van der Waals surface area contributed by atoms with E-state index in [-0.39, 0.29) is 17.0 Å². The first-order chi connectivity index (χ1) is 12.1. The first kappa shape index (κ1) is 15.5. The quantitative estimate of drug-likeness (QED) is 0.772. The molecule has 0 unspecified atom stereocenters. The van der Waals surface area contributed by atoms with Gasteiger partial charge in [-0.2, -0.15) is 5.10 Å². The standard InChI is InChI=1S/C17H15N3O5/c21-15-12-4-1-2-5-13(12)16(22)20(15)25-17(23)14-11(6-9-24-14)10-19-8-3-7-18-19/h1-5,7-8,11,14H,6,9-10H2/t11-,14-/m0/s1. The van der Waals surface area contributed by atoms with Crippen LogP contribution < -0.4 is 0 Å². The van der Waals surface area contributed by atoms with Gasteiger partial charge in [-0.3, -0.25) is 14.3 Å². The fourth-order valence-corrected chi connectivity index (χ4v) is 3.12. The molecule has 1 aromatic heterocycles. The third kappa shape index (κ3) is 2.70. The van der Waals surface area contributed by atoms with Gasteiger partial charge in [0.2, 0.25) is 0 Å². The van der Waals surface area contributed by atoms with Crippen molar-refractivity contribution in [2.45, 2.75) is 19.1 Å². The van der Waals surface area contributed by atoms with Gasteiger partial charge in [-0.05, 0) is 24.6 Å². The minimum atomic E-state index is -0.839. The molecule has 1 aromatic carbocycles. The summed E-state index contributed by atoms with van der Waals surface area (Å²) in [6.45, 7) is 0.905. The number of benzene rings is 1. The van der Waals surface area contributed by atoms with E-state index in [1.807, 2.05) is 0 Å². The molecule has 2 amide bonds. The Bertz CT molecular complexity index is 798. The molecule has 0 spiro atoms. The molecule has 2 aliphatic rings. The Kier molecular flexibility index (Phi) is 3.81. The van der Waals surface area contributed by atoms with Crippen LogP contribution in [0.2, 0.25) is 0 Å². The summed E-state index contributed by atoms with van der Waals surface area (Å²) < 4.78 is 7.18. The molecule has 8 heteroatoms. The van der Waals surface area contributed by atoms with Crippen molar-refractivity contribution in [1.29, 1.82) is 0 Å². The minimum Gasteiger partial charge on any atom is -0.366 e. The molecule has 0 bridgehead atoms. The molecule has 1 fully saturated rings. The Labute approximate surface area is 142 Å². The molecular formula is C17H15N3O5. The van der Waals surface area contributed by atoms with E-state index in [0.717, 1.165) is 0 Å². The zero-order valence-corrected chi connectivity index (χ0v) is 13.2. The summed E-state index contributed by atoms with van der Waals surface area (Å²) in [5.74, 6) is -2.17. The molecule has 2 aromatic rings. The van der Waals surface area contributed by atoms with E-state index in [9.17, 15) is 14.4 Å².